The summed E-state index contributed by atoms with van der Waals surface area (Å²) >= 11 is 0. The smallest absolute Gasteiger partial charge is 0.0558 e. The van der Waals surface area contributed by atoms with E-state index in [2.05, 4.69) is 47.2 Å². The molecule has 0 spiro atoms. The second-order valence-electron chi connectivity index (χ2n) is 5.22. The van der Waals surface area contributed by atoms with Gasteiger partial charge in [-0.25, -0.2) is 0 Å². The molecule has 1 saturated heterocycles. The summed E-state index contributed by atoms with van der Waals surface area (Å²) in [5, 5.41) is 9.02. The SMILES string of the molecule is CN(Cc1ccccc1)C1CCCN(CCO)C1. The third-order valence-electron chi connectivity index (χ3n) is 3.80. The van der Waals surface area contributed by atoms with Crippen LogP contribution in [0.25, 0.3) is 0 Å². The van der Waals surface area contributed by atoms with Crippen LogP contribution in [0.5, 0.6) is 0 Å². The minimum atomic E-state index is 0.273. The van der Waals surface area contributed by atoms with Gasteiger partial charge in [0.25, 0.3) is 0 Å². The molecule has 1 unspecified atom stereocenters. The predicted molar refractivity (Wildman–Crippen MR) is 74.5 cm³/mol. The lowest BCUT2D eigenvalue weighted by Crippen LogP contribution is -2.46. The van der Waals surface area contributed by atoms with Gasteiger partial charge in [-0.2, -0.15) is 0 Å². The van der Waals surface area contributed by atoms with Crippen molar-refractivity contribution in [2.75, 3.05) is 33.3 Å². The highest BCUT2D eigenvalue weighted by atomic mass is 16.3. The third kappa shape index (κ3) is 3.80. The van der Waals surface area contributed by atoms with Crippen LogP contribution in [0.3, 0.4) is 0 Å². The summed E-state index contributed by atoms with van der Waals surface area (Å²) in [6, 6.07) is 11.2. The molecule has 1 N–H and O–H groups in total. The molecular weight excluding hydrogens is 224 g/mol. The van der Waals surface area contributed by atoms with Crippen LogP contribution >= 0.6 is 0 Å². The van der Waals surface area contributed by atoms with Crippen molar-refractivity contribution in [2.24, 2.45) is 0 Å². The summed E-state index contributed by atoms with van der Waals surface area (Å²) in [7, 11) is 2.21. The van der Waals surface area contributed by atoms with Crippen molar-refractivity contribution in [1.82, 2.24) is 9.80 Å². The number of benzene rings is 1. The van der Waals surface area contributed by atoms with Crippen molar-refractivity contribution >= 4 is 0 Å². The van der Waals surface area contributed by atoms with Gasteiger partial charge < -0.3 is 5.11 Å². The Kier molecular flexibility index (Phi) is 5.17. The third-order valence-corrected chi connectivity index (χ3v) is 3.80. The summed E-state index contributed by atoms with van der Waals surface area (Å²) < 4.78 is 0. The monoisotopic (exact) mass is 248 g/mol. The van der Waals surface area contributed by atoms with E-state index in [0.717, 1.165) is 26.2 Å². The molecule has 1 atom stereocenters. The fourth-order valence-corrected chi connectivity index (χ4v) is 2.74. The van der Waals surface area contributed by atoms with Gasteiger partial charge >= 0.3 is 0 Å². The Balaban J connectivity index is 1.86. The molecule has 1 aromatic rings. The van der Waals surface area contributed by atoms with E-state index in [0.29, 0.717) is 6.04 Å². The van der Waals surface area contributed by atoms with E-state index in [9.17, 15) is 0 Å². The minimum absolute atomic E-state index is 0.273. The van der Waals surface area contributed by atoms with E-state index >= 15 is 0 Å². The second kappa shape index (κ2) is 6.88. The fraction of sp³-hybridized carbons (Fsp3) is 0.600. The van der Waals surface area contributed by atoms with Crippen molar-refractivity contribution < 1.29 is 5.11 Å². The minimum Gasteiger partial charge on any atom is -0.395 e. The average molecular weight is 248 g/mol. The molecule has 100 valence electrons. The number of likely N-dealkylation sites (N-methyl/N-ethyl adjacent to an activating group) is 1. The number of nitrogens with zero attached hydrogens (tertiary/aromatic N) is 2. The van der Waals surface area contributed by atoms with Gasteiger partial charge in [-0.3, -0.25) is 9.80 Å². The molecule has 0 radical (unpaired) electrons. The van der Waals surface area contributed by atoms with Gasteiger partial charge in [0.15, 0.2) is 0 Å². The molecule has 1 heterocycles. The van der Waals surface area contributed by atoms with E-state index in [1.54, 1.807) is 0 Å². The van der Waals surface area contributed by atoms with E-state index < -0.39 is 0 Å². The van der Waals surface area contributed by atoms with Crippen molar-refractivity contribution in [2.45, 2.75) is 25.4 Å². The zero-order valence-corrected chi connectivity index (χ0v) is 11.3. The first-order chi connectivity index (χ1) is 8.79. The predicted octanol–water partition coefficient (Wildman–Crippen LogP) is 1.58. The van der Waals surface area contributed by atoms with Crippen molar-refractivity contribution in [3.05, 3.63) is 35.9 Å². The zero-order valence-electron chi connectivity index (χ0n) is 11.3. The number of aliphatic hydroxyl groups excluding tert-OH is 1. The number of β-amino-alcohol motifs (C(OH)–C–C–N with tert-alkyl or cyclic N) is 1. The van der Waals surface area contributed by atoms with Crippen LogP contribution in [0.4, 0.5) is 0 Å². The van der Waals surface area contributed by atoms with Crippen molar-refractivity contribution in [1.29, 1.82) is 0 Å². The quantitative estimate of drug-likeness (QED) is 0.857. The van der Waals surface area contributed by atoms with Crippen molar-refractivity contribution in [3.8, 4) is 0 Å². The Morgan fingerprint density at radius 1 is 1.33 bits per heavy atom. The molecule has 0 aliphatic carbocycles. The largest absolute Gasteiger partial charge is 0.395 e. The van der Waals surface area contributed by atoms with Gasteiger partial charge in [0.1, 0.15) is 0 Å². The standard InChI is InChI=1S/C15H24N2O/c1-16(12-14-6-3-2-4-7-14)15-8-5-9-17(13-15)10-11-18/h2-4,6-7,15,18H,5,8-13H2,1H3. The number of hydrogen-bond donors (Lipinski definition) is 1. The first-order valence-corrected chi connectivity index (χ1v) is 6.87. The molecule has 1 aromatic carbocycles. The van der Waals surface area contributed by atoms with Gasteiger partial charge in [0, 0.05) is 25.7 Å². The summed E-state index contributed by atoms with van der Waals surface area (Å²) in [5.41, 5.74) is 1.37. The van der Waals surface area contributed by atoms with E-state index in [1.165, 1.54) is 18.4 Å². The number of likely N-dealkylation sites (tertiary alicyclic amines) is 1. The molecule has 0 aromatic heterocycles. The Bertz CT molecular complexity index is 340. The van der Waals surface area contributed by atoms with E-state index in [1.807, 2.05) is 0 Å². The summed E-state index contributed by atoms with van der Waals surface area (Å²) in [6.45, 7) is 4.32. The summed E-state index contributed by atoms with van der Waals surface area (Å²) in [6.07, 6.45) is 2.51. The lowest BCUT2D eigenvalue weighted by atomic mass is 10.0. The first kappa shape index (κ1) is 13.5. The number of piperidine rings is 1. The fourth-order valence-electron chi connectivity index (χ4n) is 2.74. The van der Waals surface area contributed by atoms with Crippen LogP contribution in [0, 0.1) is 0 Å². The van der Waals surface area contributed by atoms with E-state index in [4.69, 9.17) is 5.11 Å². The summed E-state index contributed by atoms with van der Waals surface area (Å²) in [4.78, 5) is 4.81. The molecule has 0 amide bonds. The van der Waals surface area contributed by atoms with Gasteiger partial charge in [0.2, 0.25) is 0 Å². The van der Waals surface area contributed by atoms with Crippen LogP contribution in [-0.4, -0.2) is 54.2 Å². The van der Waals surface area contributed by atoms with Crippen LogP contribution in [0.1, 0.15) is 18.4 Å². The average Bonchev–Trinajstić information content (AvgIpc) is 2.40. The lowest BCUT2D eigenvalue weighted by Gasteiger charge is -2.37. The lowest BCUT2D eigenvalue weighted by molar-refractivity contribution is 0.0965. The van der Waals surface area contributed by atoms with Gasteiger partial charge in [-0.05, 0) is 32.0 Å². The van der Waals surface area contributed by atoms with Crippen LogP contribution < -0.4 is 0 Å². The molecule has 1 fully saturated rings. The maximum atomic E-state index is 9.02. The molecule has 18 heavy (non-hydrogen) atoms. The van der Waals surface area contributed by atoms with Gasteiger partial charge in [-0.1, -0.05) is 30.3 Å². The zero-order chi connectivity index (χ0) is 12.8. The molecule has 0 bridgehead atoms. The molecule has 3 nitrogen and oxygen atoms in total. The topological polar surface area (TPSA) is 26.7 Å². The normalized spacial score (nSPS) is 21.4. The first-order valence-electron chi connectivity index (χ1n) is 6.87. The molecule has 2 rings (SSSR count). The molecule has 1 aliphatic heterocycles. The van der Waals surface area contributed by atoms with Gasteiger partial charge in [-0.15, -0.1) is 0 Å². The van der Waals surface area contributed by atoms with Crippen LogP contribution in [-0.2, 0) is 6.54 Å². The highest BCUT2D eigenvalue weighted by molar-refractivity contribution is 5.14. The number of rotatable bonds is 5. The molecular formula is C15H24N2O. The number of hydrogen-bond acceptors (Lipinski definition) is 3. The molecule has 3 heteroatoms. The molecule has 0 saturated carbocycles. The van der Waals surface area contributed by atoms with E-state index in [-0.39, 0.29) is 6.61 Å². The van der Waals surface area contributed by atoms with Crippen LogP contribution in [0.2, 0.25) is 0 Å². The highest BCUT2D eigenvalue weighted by Gasteiger charge is 2.22. The Hall–Kier alpha value is -0.900. The Morgan fingerprint density at radius 3 is 2.83 bits per heavy atom. The Morgan fingerprint density at radius 2 is 2.11 bits per heavy atom. The van der Waals surface area contributed by atoms with Gasteiger partial charge in [0.05, 0.1) is 6.61 Å². The Labute approximate surface area is 110 Å². The maximum Gasteiger partial charge on any atom is 0.0558 e. The highest BCUT2D eigenvalue weighted by Crippen LogP contribution is 2.16. The van der Waals surface area contributed by atoms with Crippen molar-refractivity contribution in [3.63, 3.8) is 0 Å². The molecule has 1 aliphatic rings. The second-order valence-corrected chi connectivity index (χ2v) is 5.22. The maximum absolute atomic E-state index is 9.02. The van der Waals surface area contributed by atoms with Crippen LogP contribution in [0.15, 0.2) is 30.3 Å². The summed E-state index contributed by atoms with van der Waals surface area (Å²) in [5.74, 6) is 0. The number of aliphatic hydroxyl groups is 1.